The van der Waals surface area contributed by atoms with E-state index >= 15 is 0 Å². The van der Waals surface area contributed by atoms with E-state index in [1.54, 1.807) is 0 Å². The van der Waals surface area contributed by atoms with E-state index in [9.17, 15) is 76.3 Å². The molecule has 3 saturated carbocycles. The summed E-state index contributed by atoms with van der Waals surface area (Å²) in [6.45, 7) is 5.63. The Morgan fingerprint density at radius 3 is 1.81 bits per heavy atom. The van der Waals surface area contributed by atoms with E-state index in [4.69, 9.17) is 37.9 Å². The van der Waals surface area contributed by atoms with E-state index < -0.39 is 161 Å². The highest BCUT2D eigenvalue weighted by molar-refractivity contribution is 5.85. The van der Waals surface area contributed by atoms with Gasteiger partial charge in [-0.15, -0.1) is 0 Å². The van der Waals surface area contributed by atoms with E-state index in [1.165, 1.54) is 0 Å². The highest BCUT2D eigenvalue weighted by Crippen LogP contribution is 2.66. The van der Waals surface area contributed by atoms with Crippen molar-refractivity contribution in [1.29, 1.82) is 0 Å². The molecule has 23 nitrogen and oxygen atoms in total. The molecular formula is C50H82O23. The number of carbonyl (C=O) groups is 1. The fourth-order valence-electron chi connectivity index (χ4n) is 14.1. The second kappa shape index (κ2) is 23.5. The van der Waals surface area contributed by atoms with Gasteiger partial charge in [0, 0.05) is 18.9 Å². The molecule has 4 aliphatic heterocycles. The molecular weight excluding hydrogens is 969 g/mol. The minimum atomic E-state index is -1.98. The van der Waals surface area contributed by atoms with Crippen molar-refractivity contribution in [3.63, 3.8) is 0 Å². The molecule has 420 valence electrons. The molecule has 73 heavy (non-hydrogen) atoms. The van der Waals surface area contributed by atoms with Crippen molar-refractivity contribution in [3.8, 4) is 0 Å². The minimum Gasteiger partial charge on any atom is -0.396 e. The molecule has 8 aliphatic rings. The maximum atomic E-state index is 14.1. The Morgan fingerprint density at radius 2 is 1.22 bits per heavy atom. The number of carbonyl (C=O) groups excluding carboxylic acids is 1. The van der Waals surface area contributed by atoms with Gasteiger partial charge in [-0.2, -0.15) is 0 Å². The van der Waals surface area contributed by atoms with Crippen molar-refractivity contribution in [2.45, 2.75) is 214 Å². The summed E-state index contributed by atoms with van der Waals surface area (Å²) >= 11 is 0. The monoisotopic (exact) mass is 1050 g/mol. The first-order valence-corrected chi connectivity index (χ1v) is 26.3. The lowest BCUT2D eigenvalue weighted by atomic mass is 9.46. The van der Waals surface area contributed by atoms with Gasteiger partial charge in [0.1, 0.15) is 103 Å². The molecule has 0 aromatic rings. The molecule has 0 bridgehead atoms. The van der Waals surface area contributed by atoms with Crippen LogP contribution >= 0.6 is 0 Å². The topological polar surface area (TPSA) is 374 Å². The fourth-order valence-corrected chi connectivity index (χ4v) is 14.1. The number of allylic oxidation sites excluding steroid dienone is 1. The quantitative estimate of drug-likeness (QED) is 0.0627. The molecule has 4 aliphatic carbocycles. The summed E-state index contributed by atoms with van der Waals surface area (Å²) in [5.41, 5.74) is -0.0584. The minimum absolute atomic E-state index is 0.0344. The van der Waals surface area contributed by atoms with Crippen LogP contribution in [-0.2, 0) is 42.7 Å². The van der Waals surface area contributed by atoms with Gasteiger partial charge in [-0.25, -0.2) is 0 Å². The van der Waals surface area contributed by atoms with Gasteiger partial charge in [-0.3, -0.25) is 4.79 Å². The van der Waals surface area contributed by atoms with Crippen LogP contribution in [0, 0.1) is 46.3 Å². The number of rotatable bonds is 17. The van der Waals surface area contributed by atoms with Crippen LogP contribution in [0.25, 0.3) is 0 Å². The second-order valence-corrected chi connectivity index (χ2v) is 23.0. The van der Waals surface area contributed by atoms with Crippen LogP contribution in [0.5, 0.6) is 0 Å². The van der Waals surface area contributed by atoms with Crippen molar-refractivity contribution in [1.82, 2.24) is 0 Å². The number of ketones is 1. The standard InChI is InChI=1S/C50H82O23/c1-20(2)6-5-7-21(15-51)25-14-26(55)32-22-8-9-24-33(57)28(11-13-49(24,3)23(22)10-12-50(25,32)4)67-47-41(65)43(42(31(18-54)70-47)71-45-39(63)37(61)35(59)29(16-52)68-45)72-48-44(34(58)27(56)19-66-48)73-46-40(64)38(62)36(60)30(17-53)69-46/h9,20-23,25,27-48,51-54,56-65H,5-8,10-19H2,1-4H3/t21-,22+,23-,25?,27+,28-,29+,30+,31+,32+,33+,34+,35-,36-,37-,38-,39+,40+,41+,42+,43+,44-,45-,46-,47+,48-,49+,50+/m0/s1. The highest BCUT2D eigenvalue weighted by Gasteiger charge is 2.64. The van der Waals surface area contributed by atoms with E-state index in [2.05, 4.69) is 27.7 Å². The van der Waals surface area contributed by atoms with E-state index in [0.29, 0.717) is 25.2 Å². The molecule has 7 fully saturated rings. The lowest BCUT2D eigenvalue weighted by molar-refractivity contribution is -0.397. The smallest absolute Gasteiger partial charge is 0.187 e. The van der Waals surface area contributed by atoms with Crippen LogP contribution in [0.15, 0.2) is 11.6 Å². The number of hydrogen-bond acceptors (Lipinski definition) is 23. The predicted octanol–water partition coefficient (Wildman–Crippen LogP) is -3.55. The number of Topliss-reactive ketones (excluding diaryl/α,β-unsaturated/α-hetero) is 1. The Balaban J connectivity index is 1.03. The zero-order valence-electron chi connectivity index (χ0n) is 42.0. The lowest BCUT2D eigenvalue weighted by Gasteiger charge is -2.59. The van der Waals surface area contributed by atoms with Crippen LogP contribution in [0.2, 0.25) is 0 Å². The fraction of sp³-hybridized carbons (Fsp3) is 0.940. The van der Waals surface area contributed by atoms with Crippen LogP contribution < -0.4 is 0 Å². The maximum Gasteiger partial charge on any atom is 0.187 e. The molecule has 1 unspecified atom stereocenters. The lowest BCUT2D eigenvalue weighted by Crippen LogP contribution is -2.67. The van der Waals surface area contributed by atoms with Crippen molar-refractivity contribution in [2.75, 3.05) is 33.0 Å². The first-order valence-electron chi connectivity index (χ1n) is 26.3. The van der Waals surface area contributed by atoms with Gasteiger partial charge in [0.05, 0.1) is 32.5 Å². The van der Waals surface area contributed by atoms with Gasteiger partial charge >= 0.3 is 0 Å². The molecule has 0 aromatic carbocycles. The molecule has 8 rings (SSSR count). The Hall–Kier alpha value is -1.47. The molecule has 23 heteroatoms. The van der Waals surface area contributed by atoms with Gasteiger partial charge in [-0.1, -0.05) is 46.6 Å². The number of aliphatic hydroxyl groups is 14. The first-order chi connectivity index (χ1) is 34.6. The van der Waals surface area contributed by atoms with E-state index in [-0.39, 0.29) is 53.8 Å². The number of hydrogen-bond donors (Lipinski definition) is 14. The van der Waals surface area contributed by atoms with Gasteiger partial charge in [0.25, 0.3) is 0 Å². The Bertz CT molecular complexity index is 1860. The summed E-state index contributed by atoms with van der Waals surface area (Å²) in [6.07, 6.45) is -27.8. The molecule has 0 radical (unpaired) electrons. The number of ether oxygens (including phenoxy) is 8. The molecule has 0 spiro atoms. The summed E-state index contributed by atoms with van der Waals surface area (Å²) in [5, 5.41) is 151. The largest absolute Gasteiger partial charge is 0.396 e. The van der Waals surface area contributed by atoms with Crippen molar-refractivity contribution >= 4 is 5.78 Å². The number of aliphatic hydroxyl groups excluding tert-OH is 14. The Morgan fingerprint density at radius 1 is 0.644 bits per heavy atom. The van der Waals surface area contributed by atoms with Crippen molar-refractivity contribution in [3.05, 3.63) is 11.6 Å². The van der Waals surface area contributed by atoms with E-state index in [0.717, 1.165) is 37.7 Å². The van der Waals surface area contributed by atoms with Crippen LogP contribution in [0.3, 0.4) is 0 Å². The molecule has 0 amide bonds. The second-order valence-electron chi connectivity index (χ2n) is 23.0. The predicted molar refractivity (Wildman–Crippen MR) is 247 cm³/mol. The average molecular weight is 1050 g/mol. The summed E-state index contributed by atoms with van der Waals surface area (Å²) in [6, 6.07) is 0. The summed E-state index contributed by atoms with van der Waals surface area (Å²) < 4.78 is 47.7. The summed E-state index contributed by atoms with van der Waals surface area (Å²) in [5.74, 6) is 0.821. The zero-order valence-corrected chi connectivity index (χ0v) is 42.0. The molecule has 14 N–H and O–H groups in total. The summed E-state index contributed by atoms with van der Waals surface area (Å²) in [4.78, 5) is 14.1. The third-order valence-electron chi connectivity index (χ3n) is 18.2. The van der Waals surface area contributed by atoms with Gasteiger partial charge in [0.15, 0.2) is 25.2 Å². The van der Waals surface area contributed by atoms with Gasteiger partial charge < -0.3 is 109 Å². The molecule has 4 saturated heterocycles. The van der Waals surface area contributed by atoms with Crippen LogP contribution in [0.4, 0.5) is 0 Å². The van der Waals surface area contributed by atoms with Crippen LogP contribution in [-0.4, -0.2) is 239 Å². The molecule has 28 atom stereocenters. The van der Waals surface area contributed by atoms with Crippen LogP contribution in [0.1, 0.15) is 85.5 Å². The highest BCUT2D eigenvalue weighted by atomic mass is 16.8. The van der Waals surface area contributed by atoms with Crippen molar-refractivity contribution < 1.29 is 114 Å². The zero-order chi connectivity index (χ0) is 53.0. The normalized spacial score (nSPS) is 50.8. The van der Waals surface area contributed by atoms with E-state index in [1.807, 2.05) is 6.08 Å². The first kappa shape index (κ1) is 57.7. The average Bonchev–Trinajstić information content (AvgIpc) is 3.64. The Labute approximate surface area is 424 Å². The Kier molecular flexibility index (Phi) is 18.6. The number of fused-ring (bicyclic) bond motifs is 5. The SMILES string of the molecule is CC(C)CCC[C@@H](CO)C1CC(=O)[C@H]2[C@@H]3CC=C4[C@@H](O)[C@@H](O[C@@H]5O[C@H](CO)[C@@H](O[C@@H]6O[C@H](CO)[C@H](O)[C@H](O)[C@H]6O)[C@H](O[C@@H]6OC[C@@H](O)[C@@H](O)[C@@H]6O[C@@H]6O[C@H](CO)[C@H](O)[C@H](O)[C@H]6O)[C@H]5O)CC[C@]4(C)[C@H]3CC[C@]12C. The van der Waals surface area contributed by atoms with Gasteiger partial charge in [-0.05, 0) is 84.5 Å². The summed E-state index contributed by atoms with van der Waals surface area (Å²) in [7, 11) is 0. The third-order valence-corrected chi connectivity index (χ3v) is 18.2. The van der Waals surface area contributed by atoms with Gasteiger partial charge in [0.2, 0.25) is 0 Å². The third kappa shape index (κ3) is 10.9. The van der Waals surface area contributed by atoms with Crippen molar-refractivity contribution in [2.24, 2.45) is 46.3 Å². The maximum absolute atomic E-state index is 14.1. The molecule has 0 aromatic heterocycles. The molecule has 4 heterocycles.